The van der Waals surface area contributed by atoms with Gasteiger partial charge < -0.3 is 4.74 Å². The Bertz CT molecular complexity index is 394. The molecule has 2 aliphatic rings. The van der Waals surface area contributed by atoms with Crippen LogP contribution in [-0.2, 0) is 11.3 Å². The third-order valence-corrected chi connectivity index (χ3v) is 4.81. The Morgan fingerprint density at radius 1 is 1.39 bits per heavy atom. The first-order valence-electron chi connectivity index (χ1n) is 6.45. The molecule has 1 aromatic heterocycles. The number of halogens is 1. The summed E-state index contributed by atoms with van der Waals surface area (Å²) in [5.74, 6) is 0. The van der Waals surface area contributed by atoms with Crippen molar-refractivity contribution in [3.8, 4) is 0 Å². The highest BCUT2D eigenvalue weighted by atomic mass is 35.5. The molecule has 2 fully saturated rings. The summed E-state index contributed by atoms with van der Waals surface area (Å²) in [5.41, 5.74) is 0. The van der Waals surface area contributed by atoms with Crippen molar-refractivity contribution in [3.05, 3.63) is 15.5 Å². The SMILES string of the molecule is Clc1ncc(CN2CCC(N3CCOCC3)C2)s1. The summed E-state index contributed by atoms with van der Waals surface area (Å²) < 4.78 is 6.06. The monoisotopic (exact) mass is 287 g/mol. The summed E-state index contributed by atoms with van der Waals surface area (Å²) in [6, 6.07) is 0.706. The van der Waals surface area contributed by atoms with Crippen LogP contribution in [0, 0.1) is 0 Å². The maximum atomic E-state index is 5.86. The fourth-order valence-corrected chi connectivity index (χ4v) is 3.79. The van der Waals surface area contributed by atoms with Crippen LogP contribution in [0.4, 0.5) is 0 Å². The van der Waals surface area contributed by atoms with E-state index >= 15 is 0 Å². The molecule has 18 heavy (non-hydrogen) atoms. The average Bonchev–Trinajstić information content (AvgIpc) is 3.01. The van der Waals surface area contributed by atoms with E-state index < -0.39 is 0 Å². The normalized spacial score (nSPS) is 26.8. The number of hydrogen-bond acceptors (Lipinski definition) is 5. The van der Waals surface area contributed by atoms with Gasteiger partial charge >= 0.3 is 0 Å². The van der Waals surface area contributed by atoms with Gasteiger partial charge in [0.25, 0.3) is 0 Å². The number of ether oxygens (including phenoxy) is 1. The van der Waals surface area contributed by atoms with Gasteiger partial charge in [0.2, 0.25) is 0 Å². The second kappa shape index (κ2) is 5.84. The van der Waals surface area contributed by atoms with E-state index in [1.807, 2.05) is 6.20 Å². The second-order valence-corrected chi connectivity index (χ2v) is 6.60. The van der Waals surface area contributed by atoms with Gasteiger partial charge in [-0.25, -0.2) is 4.98 Å². The van der Waals surface area contributed by atoms with Gasteiger partial charge in [-0.2, -0.15) is 0 Å². The minimum absolute atomic E-state index is 0.647. The number of likely N-dealkylation sites (tertiary alicyclic amines) is 1. The molecule has 0 N–H and O–H groups in total. The molecule has 0 saturated carbocycles. The zero-order chi connectivity index (χ0) is 12.4. The van der Waals surface area contributed by atoms with Gasteiger partial charge in [-0.05, 0) is 6.42 Å². The van der Waals surface area contributed by atoms with Crippen molar-refractivity contribution in [3.63, 3.8) is 0 Å². The van der Waals surface area contributed by atoms with Crippen molar-refractivity contribution in [2.24, 2.45) is 0 Å². The number of hydrogen-bond donors (Lipinski definition) is 0. The molecular weight excluding hydrogens is 270 g/mol. The molecule has 4 nitrogen and oxygen atoms in total. The lowest BCUT2D eigenvalue weighted by molar-refractivity contribution is 0.0184. The number of aromatic nitrogens is 1. The molecule has 0 bridgehead atoms. The molecular formula is C12H18ClN3OS. The van der Waals surface area contributed by atoms with Crippen LogP contribution in [0.3, 0.4) is 0 Å². The molecule has 0 aliphatic carbocycles. The van der Waals surface area contributed by atoms with E-state index in [9.17, 15) is 0 Å². The molecule has 6 heteroatoms. The molecule has 2 saturated heterocycles. The van der Waals surface area contributed by atoms with Gasteiger partial charge in [0.15, 0.2) is 4.47 Å². The molecule has 3 heterocycles. The summed E-state index contributed by atoms with van der Waals surface area (Å²) in [7, 11) is 0. The minimum atomic E-state index is 0.647. The van der Waals surface area contributed by atoms with Crippen LogP contribution in [0.25, 0.3) is 0 Å². The van der Waals surface area contributed by atoms with Crippen LogP contribution < -0.4 is 0 Å². The van der Waals surface area contributed by atoms with Gasteiger partial charge in [-0.1, -0.05) is 11.6 Å². The molecule has 1 unspecified atom stereocenters. The maximum Gasteiger partial charge on any atom is 0.183 e. The van der Waals surface area contributed by atoms with E-state index in [1.54, 1.807) is 11.3 Å². The Morgan fingerprint density at radius 2 is 2.22 bits per heavy atom. The predicted octanol–water partition coefficient (Wildman–Crippen LogP) is 1.70. The topological polar surface area (TPSA) is 28.6 Å². The van der Waals surface area contributed by atoms with Crippen molar-refractivity contribution in [2.45, 2.75) is 19.0 Å². The van der Waals surface area contributed by atoms with Gasteiger partial charge in [0.1, 0.15) is 0 Å². The third-order valence-electron chi connectivity index (χ3n) is 3.71. The lowest BCUT2D eigenvalue weighted by Gasteiger charge is -2.32. The first kappa shape index (κ1) is 12.8. The Hall–Kier alpha value is -0.200. The second-order valence-electron chi connectivity index (χ2n) is 4.91. The van der Waals surface area contributed by atoms with Crippen molar-refractivity contribution in [1.82, 2.24) is 14.8 Å². The van der Waals surface area contributed by atoms with E-state index in [0.29, 0.717) is 10.5 Å². The zero-order valence-electron chi connectivity index (χ0n) is 10.3. The quantitative estimate of drug-likeness (QED) is 0.846. The zero-order valence-corrected chi connectivity index (χ0v) is 11.9. The van der Waals surface area contributed by atoms with Crippen LogP contribution >= 0.6 is 22.9 Å². The molecule has 0 aromatic carbocycles. The molecule has 0 amide bonds. The number of morpholine rings is 1. The number of thiazole rings is 1. The summed E-state index contributed by atoms with van der Waals surface area (Å²) in [5, 5.41) is 0. The van der Waals surface area contributed by atoms with Gasteiger partial charge in [0, 0.05) is 49.8 Å². The highest BCUT2D eigenvalue weighted by Gasteiger charge is 2.28. The van der Waals surface area contributed by atoms with Crippen molar-refractivity contribution in [2.75, 3.05) is 39.4 Å². The van der Waals surface area contributed by atoms with E-state index in [0.717, 1.165) is 39.4 Å². The highest BCUT2D eigenvalue weighted by Crippen LogP contribution is 2.23. The summed E-state index contributed by atoms with van der Waals surface area (Å²) in [6.45, 7) is 7.29. The molecule has 100 valence electrons. The molecule has 3 rings (SSSR count). The van der Waals surface area contributed by atoms with E-state index in [1.165, 1.54) is 17.8 Å². The van der Waals surface area contributed by atoms with Gasteiger partial charge in [0.05, 0.1) is 13.2 Å². The van der Waals surface area contributed by atoms with Crippen molar-refractivity contribution >= 4 is 22.9 Å². The first-order valence-corrected chi connectivity index (χ1v) is 7.65. The van der Waals surface area contributed by atoms with Crippen molar-refractivity contribution < 1.29 is 4.74 Å². The van der Waals surface area contributed by atoms with Crippen LogP contribution in [0.2, 0.25) is 4.47 Å². The Labute approximate surface area is 117 Å². The Kier molecular flexibility index (Phi) is 4.16. The van der Waals surface area contributed by atoms with Crippen LogP contribution in [0.5, 0.6) is 0 Å². The summed E-state index contributed by atoms with van der Waals surface area (Å²) >= 11 is 7.45. The van der Waals surface area contributed by atoms with Gasteiger partial charge in [-0.3, -0.25) is 9.80 Å². The third kappa shape index (κ3) is 3.03. The molecule has 2 aliphatic heterocycles. The lowest BCUT2D eigenvalue weighted by atomic mass is 10.2. The highest BCUT2D eigenvalue weighted by molar-refractivity contribution is 7.15. The Balaban J connectivity index is 1.51. The molecule has 1 atom stereocenters. The van der Waals surface area contributed by atoms with E-state index in [-0.39, 0.29) is 0 Å². The summed E-state index contributed by atoms with van der Waals surface area (Å²) in [6.07, 6.45) is 3.17. The smallest absolute Gasteiger partial charge is 0.183 e. The molecule has 1 aromatic rings. The Morgan fingerprint density at radius 3 is 2.94 bits per heavy atom. The molecule has 0 radical (unpaired) electrons. The fourth-order valence-electron chi connectivity index (χ4n) is 2.77. The standard InChI is InChI=1S/C12H18ClN3OS/c13-12-14-7-11(18-12)9-15-2-1-10(8-15)16-3-5-17-6-4-16/h7,10H,1-6,8-9H2. The summed E-state index contributed by atoms with van der Waals surface area (Å²) in [4.78, 5) is 10.4. The fraction of sp³-hybridized carbons (Fsp3) is 0.750. The van der Waals surface area contributed by atoms with E-state index in [4.69, 9.17) is 16.3 Å². The number of rotatable bonds is 3. The largest absolute Gasteiger partial charge is 0.379 e. The van der Waals surface area contributed by atoms with Crippen LogP contribution in [0.1, 0.15) is 11.3 Å². The molecule has 0 spiro atoms. The van der Waals surface area contributed by atoms with E-state index in [2.05, 4.69) is 14.8 Å². The minimum Gasteiger partial charge on any atom is -0.379 e. The van der Waals surface area contributed by atoms with Crippen molar-refractivity contribution in [1.29, 1.82) is 0 Å². The average molecular weight is 288 g/mol. The number of nitrogens with zero attached hydrogens (tertiary/aromatic N) is 3. The maximum absolute atomic E-state index is 5.86. The first-order chi connectivity index (χ1) is 8.81. The van der Waals surface area contributed by atoms with Crippen LogP contribution in [-0.4, -0.2) is 60.2 Å². The lowest BCUT2D eigenvalue weighted by Crippen LogP contribution is -2.44. The predicted molar refractivity (Wildman–Crippen MR) is 73.2 cm³/mol. The van der Waals surface area contributed by atoms with Crippen LogP contribution in [0.15, 0.2) is 6.20 Å². The van der Waals surface area contributed by atoms with Gasteiger partial charge in [-0.15, -0.1) is 11.3 Å².